The molecule has 0 nitrogen and oxygen atoms in total. The molecule has 0 heterocycles. The first-order valence-electron chi connectivity index (χ1n) is 24.5. The minimum absolute atomic E-state index is 0.126. The summed E-state index contributed by atoms with van der Waals surface area (Å²) < 4.78 is 0. The molecule has 0 aliphatic carbocycles. The van der Waals surface area contributed by atoms with Crippen LogP contribution in [0.4, 0.5) is 0 Å². The Morgan fingerprint density at radius 1 is 0.431 bits per heavy atom. The fraction of sp³-hybridized carbons (Fsp3) is 0.500. The van der Waals surface area contributed by atoms with Crippen LogP contribution < -0.4 is 0 Å². The zero-order valence-electron chi connectivity index (χ0n) is 45.0. The van der Waals surface area contributed by atoms with Gasteiger partial charge in [-0.05, 0) is 95.6 Å². The van der Waals surface area contributed by atoms with Crippen molar-refractivity contribution in [3.05, 3.63) is 134 Å². The molecule has 0 unspecified atom stereocenters. The topological polar surface area (TPSA) is 0 Å². The monoisotopic (exact) mass is 992 g/mol. The predicted molar refractivity (Wildman–Crippen MR) is 293 cm³/mol. The molecule has 0 bridgehead atoms. The van der Waals surface area contributed by atoms with E-state index in [9.17, 15) is 0 Å². The molecule has 0 saturated heterocycles. The summed E-state index contributed by atoms with van der Waals surface area (Å²) in [6.07, 6.45) is 7.36. The fourth-order valence-corrected chi connectivity index (χ4v) is 8.99. The van der Waals surface area contributed by atoms with Gasteiger partial charge in [0.1, 0.15) is 0 Å². The summed E-state index contributed by atoms with van der Waals surface area (Å²) in [4.78, 5) is 0. The van der Waals surface area contributed by atoms with Gasteiger partial charge in [-0.2, -0.15) is 19.1 Å². The average Bonchev–Trinajstić information content (AvgIpc) is 3.85. The number of aryl methyl sites for hydroxylation is 4. The summed E-state index contributed by atoms with van der Waals surface area (Å²) in [6, 6.07) is 24.5. The van der Waals surface area contributed by atoms with Crippen LogP contribution in [0.2, 0.25) is 0 Å². The molecule has 0 radical (unpaired) electrons. The Kier molecular flexibility index (Phi) is 20.3. The number of fused-ring (bicyclic) bond motifs is 2. The van der Waals surface area contributed by atoms with Gasteiger partial charge in [0.15, 0.2) is 0 Å². The first-order chi connectivity index (χ1) is 30.1. The van der Waals surface area contributed by atoms with E-state index in [1.165, 1.54) is 149 Å². The van der Waals surface area contributed by atoms with Gasteiger partial charge in [0.05, 0.1) is 0 Å². The van der Waals surface area contributed by atoms with Gasteiger partial charge < -0.3 is 6.92 Å². The van der Waals surface area contributed by atoms with E-state index in [0.717, 1.165) is 0 Å². The second-order valence-electron chi connectivity index (χ2n) is 22.8. The number of unbranched alkanes of at least 4 members (excludes halogenated alkanes) is 2. The molecule has 0 saturated carbocycles. The average molecular weight is 995 g/mol. The van der Waals surface area contributed by atoms with Gasteiger partial charge in [0.25, 0.3) is 0 Å². The van der Waals surface area contributed by atoms with E-state index < -0.39 is 20.8 Å². The predicted octanol–water partition coefficient (Wildman–Crippen LogP) is 20.4. The Labute approximate surface area is 418 Å². The molecule has 0 spiro atoms. The molecule has 356 valence electrons. The van der Waals surface area contributed by atoms with Gasteiger partial charge in [-0.15, -0.1) is 55.9 Å². The number of rotatable bonds is 8. The minimum atomic E-state index is -0.826. The van der Waals surface area contributed by atoms with E-state index in [0.29, 0.717) is 0 Å². The summed E-state index contributed by atoms with van der Waals surface area (Å²) in [6.45, 7) is 51.3. The molecule has 0 aliphatic rings. The first-order valence-corrected chi connectivity index (χ1v) is 30.8. The molecule has 0 atom stereocenters. The molecule has 6 aromatic carbocycles. The summed E-state index contributed by atoms with van der Waals surface area (Å²) in [5, 5.41) is 5.76. The maximum absolute atomic E-state index is 4.93. The van der Waals surface area contributed by atoms with Crippen molar-refractivity contribution >= 4 is 38.6 Å². The van der Waals surface area contributed by atoms with Crippen LogP contribution in [-0.4, -0.2) is 0 Å². The number of hydrogen-bond acceptors (Lipinski definition) is 0. The van der Waals surface area contributed by atoms with Crippen molar-refractivity contribution in [3.8, 4) is 22.3 Å². The second kappa shape index (κ2) is 23.2. The first kappa shape index (κ1) is 56.9. The van der Waals surface area contributed by atoms with Crippen LogP contribution >= 0.6 is 17.0 Å². The maximum atomic E-state index is 4.93. The molecule has 6 rings (SSSR count). The summed E-state index contributed by atoms with van der Waals surface area (Å²) >= 11 is -0.826. The van der Waals surface area contributed by atoms with Crippen molar-refractivity contribution in [2.45, 2.75) is 206 Å². The molecule has 0 fully saturated rings. The molecule has 3 heteroatoms. The SMILES string of the molecule is CCCCc1cc2c(-c3cc(C(C)(C)C)cc(C(C)(C)C)c3)c(C)c(C)c(C)c2[cH-]1.CCCCc1cc2c(-c3cc(C(C)(C)C)cc(C(C)(C)C)c3)c(C)c(C)c(C)c2[cH-]1.[CH2-]C.[Cl][Zr][Cl]. The number of hydrogen-bond donors (Lipinski definition) is 0. The zero-order chi connectivity index (χ0) is 49.6. The van der Waals surface area contributed by atoms with E-state index in [4.69, 9.17) is 17.0 Å². The van der Waals surface area contributed by atoms with Crippen molar-refractivity contribution < 1.29 is 20.8 Å². The van der Waals surface area contributed by atoms with Crippen molar-refractivity contribution in [2.75, 3.05) is 0 Å². The van der Waals surface area contributed by atoms with Crippen molar-refractivity contribution in [1.29, 1.82) is 0 Å². The Hall–Kier alpha value is -2.44. The molecule has 0 aliphatic heterocycles. The van der Waals surface area contributed by atoms with Crippen LogP contribution in [0.15, 0.2) is 60.7 Å². The summed E-state index contributed by atoms with van der Waals surface area (Å²) in [7, 11) is 9.87. The van der Waals surface area contributed by atoms with Gasteiger partial charge >= 0.3 is 37.9 Å². The van der Waals surface area contributed by atoms with E-state index in [-0.39, 0.29) is 21.7 Å². The van der Waals surface area contributed by atoms with Gasteiger partial charge in [-0.25, -0.2) is 0 Å². The Balaban J connectivity index is 0.000000314. The van der Waals surface area contributed by atoms with Crippen LogP contribution in [0.1, 0.15) is 196 Å². The van der Waals surface area contributed by atoms with E-state index in [2.05, 4.69) is 206 Å². The van der Waals surface area contributed by atoms with Gasteiger partial charge in [0, 0.05) is 0 Å². The third-order valence-electron chi connectivity index (χ3n) is 13.8. The Morgan fingerprint density at radius 2 is 0.692 bits per heavy atom. The molecule has 0 N–H and O–H groups in total. The molecule has 0 aromatic heterocycles. The summed E-state index contributed by atoms with van der Waals surface area (Å²) in [5.41, 5.74) is 23.4. The van der Waals surface area contributed by atoms with Crippen LogP contribution in [0.25, 0.3) is 43.8 Å². The molecular weight excluding hydrogens is 907 g/mol. The molecule has 65 heavy (non-hydrogen) atoms. The zero-order valence-corrected chi connectivity index (χ0v) is 48.9. The van der Waals surface area contributed by atoms with Crippen LogP contribution in [0, 0.1) is 48.5 Å². The molecular formula is C62H87Cl2Zr-3. The van der Waals surface area contributed by atoms with E-state index >= 15 is 0 Å². The fourth-order valence-electron chi connectivity index (χ4n) is 8.99. The number of benzene rings is 4. The van der Waals surface area contributed by atoms with E-state index in [1.807, 2.05) is 0 Å². The molecule has 0 amide bonds. The van der Waals surface area contributed by atoms with Crippen LogP contribution in [-0.2, 0) is 55.3 Å². The normalized spacial score (nSPS) is 12.1. The third-order valence-corrected chi connectivity index (χ3v) is 13.8. The van der Waals surface area contributed by atoms with Crippen molar-refractivity contribution in [3.63, 3.8) is 0 Å². The second-order valence-corrected chi connectivity index (χ2v) is 26.5. The molecule has 6 aromatic rings. The van der Waals surface area contributed by atoms with Crippen LogP contribution in [0.3, 0.4) is 0 Å². The Morgan fingerprint density at radius 3 is 0.923 bits per heavy atom. The standard InChI is InChI=1S/2C30H41.C2H5.2ClH.Zr/c2*1-11-12-13-22-14-26-20(3)19(2)21(4)28(27(26)15-22)23-16-24(29(5,6)7)18-25(17-23)30(8,9)10;1-2;;;/h2*14-18H,11-13H2,1-10H3;1H2,2H3;2*1H;/q3*-1;;;+2/p-2. The number of halogens is 2. The third kappa shape index (κ3) is 13.9. The van der Waals surface area contributed by atoms with Gasteiger partial charge in [-0.1, -0.05) is 206 Å². The van der Waals surface area contributed by atoms with Crippen molar-refractivity contribution in [2.24, 2.45) is 0 Å². The van der Waals surface area contributed by atoms with Crippen LogP contribution in [0.5, 0.6) is 0 Å². The quantitative estimate of drug-likeness (QED) is 0.133. The summed E-state index contributed by atoms with van der Waals surface area (Å²) in [5.74, 6) is 0. The van der Waals surface area contributed by atoms with Gasteiger partial charge in [0.2, 0.25) is 0 Å². The Bertz CT molecular complexity index is 2270. The van der Waals surface area contributed by atoms with Gasteiger partial charge in [-0.3, -0.25) is 0 Å². The van der Waals surface area contributed by atoms with Crippen molar-refractivity contribution in [1.82, 2.24) is 0 Å². The van der Waals surface area contributed by atoms with E-state index in [1.54, 1.807) is 6.92 Å².